The zero-order chi connectivity index (χ0) is 12.3. The Hall–Kier alpha value is -0.930. The second kappa shape index (κ2) is 5.15. The van der Waals surface area contributed by atoms with Crippen molar-refractivity contribution in [3.63, 3.8) is 0 Å². The summed E-state index contributed by atoms with van der Waals surface area (Å²) in [7, 11) is 0. The van der Waals surface area contributed by atoms with Gasteiger partial charge in [-0.3, -0.25) is 0 Å². The molecule has 2 nitrogen and oxygen atoms in total. The molecule has 1 atom stereocenters. The van der Waals surface area contributed by atoms with Crippen molar-refractivity contribution < 1.29 is 9.13 Å². The highest BCUT2D eigenvalue weighted by atomic mass is 19.1. The number of hydrogen-bond acceptors (Lipinski definition) is 2. The number of rotatable bonds is 3. The van der Waals surface area contributed by atoms with E-state index in [1.165, 1.54) is 12.1 Å². The predicted molar refractivity (Wildman–Crippen MR) is 66.4 cm³/mol. The summed E-state index contributed by atoms with van der Waals surface area (Å²) in [6.45, 7) is 6.00. The highest BCUT2D eigenvalue weighted by molar-refractivity contribution is 5.20. The molecule has 1 N–H and O–H groups in total. The van der Waals surface area contributed by atoms with E-state index in [4.69, 9.17) is 4.74 Å². The summed E-state index contributed by atoms with van der Waals surface area (Å²) in [4.78, 5) is 0. The topological polar surface area (TPSA) is 21.3 Å². The van der Waals surface area contributed by atoms with Gasteiger partial charge in [0.1, 0.15) is 5.82 Å². The Morgan fingerprint density at radius 3 is 2.53 bits per heavy atom. The molecule has 17 heavy (non-hydrogen) atoms. The van der Waals surface area contributed by atoms with Crippen LogP contribution >= 0.6 is 0 Å². The van der Waals surface area contributed by atoms with Gasteiger partial charge < -0.3 is 10.1 Å². The van der Waals surface area contributed by atoms with Crippen LogP contribution in [0.1, 0.15) is 38.4 Å². The molecular weight excluding hydrogens is 217 g/mol. The lowest BCUT2D eigenvalue weighted by Gasteiger charge is -2.41. The molecule has 0 spiro atoms. The average Bonchev–Trinajstić information content (AvgIpc) is 2.39. The normalized spacial score (nSPS) is 23.6. The van der Waals surface area contributed by atoms with Crippen LogP contribution in [0.2, 0.25) is 0 Å². The highest BCUT2D eigenvalue weighted by Gasteiger charge is 2.34. The van der Waals surface area contributed by atoms with Crippen molar-refractivity contribution >= 4 is 0 Å². The smallest absolute Gasteiger partial charge is 0.123 e. The molecule has 0 saturated carbocycles. The number of nitrogens with one attached hydrogen (secondary N) is 1. The van der Waals surface area contributed by atoms with Crippen molar-refractivity contribution in [2.45, 2.75) is 38.4 Å². The molecule has 94 valence electrons. The molecule has 0 radical (unpaired) electrons. The van der Waals surface area contributed by atoms with E-state index in [1.807, 2.05) is 12.1 Å². The third-order valence-corrected chi connectivity index (χ3v) is 3.70. The van der Waals surface area contributed by atoms with Gasteiger partial charge in [0.2, 0.25) is 0 Å². The van der Waals surface area contributed by atoms with Crippen molar-refractivity contribution in [3.8, 4) is 0 Å². The quantitative estimate of drug-likeness (QED) is 0.872. The Bertz CT molecular complexity index is 359. The molecule has 1 aromatic carbocycles. The largest absolute Gasteiger partial charge is 0.364 e. The summed E-state index contributed by atoms with van der Waals surface area (Å²) >= 11 is 0. The number of hydrogen-bond donors (Lipinski definition) is 1. The maximum absolute atomic E-state index is 12.9. The standard InChI is InChI=1S/C14H20FNO/c1-3-14(4-2)10-16-9-13(17-14)11-5-7-12(15)8-6-11/h5-8,13,16H,3-4,9-10H2,1-2H3. The first-order valence-corrected chi connectivity index (χ1v) is 6.33. The molecule has 0 bridgehead atoms. The number of ether oxygens (including phenoxy) is 1. The summed E-state index contributed by atoms with van der Waals surface area (Å²) in [6.07, 6.45) is 2.02. The molecule has 0 aliphatic carbocycles. The van der Waals surface area contributed by atoms with Gasteiger partial charge >= 0.3 is 0 Å². The van der Waals surface area contributed by atoms with Gasteiger partial charge in [-0.05, 0) is 30.5 Å². The molecule has 0 amide bonds. The lowest BCUT2D eigenvalue weighted by atomic mass is 9.93. The van der Waals surface area contributed by atoms with Crippen LogP contribution in [0.25, 0.3) is 0 Å². The predicted octanol–water partition coefficient (Wildman–Crippen LogP) is 3.05. The Morgan fingerprint density at radius 2 is 1.94 bits per heavy atom. The molecule has 1 aliphatic heterocycles. The van der Waals surface area contributed by atoms with Gasteiger partial charge in [0.25, 0.3) is 0 Å². The molecule has 1 fully saturated rings. The van der Waals surface area contributed by atoms with Gasteiger partial charge in [0.15, 0.2) is 0 Å². The summed E-state index contributed by atoms with van der Waals surface area (Å²) in [5, 5.41) is 3.42. The van der Waals surface area contributed by atoms with Crippen LogP contribution in [-0.4, -0.2) is 18.7 Å². The van der Waals surface area contributed by atoms with Crippen LogP contribution in [0.5, 0.6) is 0 Å². The third-order valence-electron chi connectivity index (χ3n) is 3.70. The Morgan fingerprint density at radius 1 is 1.29 bits per heavy atom. The van der Waals surface area contributed by atoms with Crippen molar-refractivity contribution in [2.75, 3.05) is 13.1 Å². The molecule has 1 aliphatic rings. The SMILES string of the molecule is CCC1(CC)CNCC(c2ccc(F)cc2)O1. The Balaban J connectivity index is 2.14. The van der Waals surface area contributed by atoms with Crippen LogP contribution < -0.4 is 5.32 Å². The fourth-order valence-corrected chi connectivity index (χ4v) is 2.35. The van der Waals surface area contributed by atoms with Gasteiger partial charge in [-0.25, -0.2) is 4.39 Å². The highest BCUT2D eigenvalue weighted by Crippen LogP contribution is 2.31. The van der Waals surface area contributed by atoms with E-state index in [9.17, 15) is 4.39 Å². The average molecular weight is 237 g/mol. The summed E-state index contributed by atoms with van der Waals surface area (Å²) in [5.74, 6) is -0.199. The summed E-state index contributed by atoms with van der Waals surface area (Å²) < 4.78 is 19.1. The Kier molecular flexibility index (Phi) is 3.79. The lowest BCUT2D eigenvalue weighted by Crippen LogP contribution is -2.50. The second-order valence-corrected chi connectivity index (χ2v) is 4.68. The monoisotopic (exact) mass is 237 g/mol. The van der Waals surface area contributed by atoms with Crippen LogP contribution in [0.15, 0.2) is 24.3 Å². The van der Waals surface area contributed by atoms with Crippen LogP contribution in [0.3, 0.4) is 0 Å². The third kappa shape index (κ3) is 2.67. The van der Waals surface area contributed by atoms with E-state index in [2.05, 4.69) is 19.2 Å². The van der Waals surface area contributed by atoms with Gasteiger partial charge in [-0.15, -0.1) is 0 Å². The van der Waals surface area contributed by atoms with Crippen molar-refractivity contribution in [1.82, 2.24) is 5.32 Å². The minimum Gasteiger partial charge on any atom is -0.364 e. The van der Waals surface area contributed by atoms with Gasteiger partial charge in [0.05, 0.1) is 11.7 Å². The molecule has 1 unspecified atom stereocenters. The second-order valence-electron chi connectivity index (χ2n) is 4.68. The zero-order valence-electron chi connectivity index (χ0n) is 10.5. The van der Waals surface area contributed by atoms with E-state index >= 15 is 0 Å². The maximum Gasteiger partial charge on any atom is 0.123 e. The number of benzene rings is 1. The lowest BCUT2D eigenvalue weighted by molar-refractivity contribution is -0.122. The molecule has 1 saturated heterocycles. The first-order valence-electron chi connectivity index (χ1n) is 6.33. The molecule has 3 heteroatoms. The fraction of sp³-hybridized carbons (Fsp3) is 0.571. The van der Waals surface area contributed by atoms with E-state index < -0.39 is 0 Å². The van der Waals surface area contributed by atoms with E-state index in [0.29, 0.717) is 0 Å². The zero-order valence-corrected chi connectivity index (χ0v) is 10.5. The van der Waals surface area contributed by atoms with E-state index in [-0.39, 0.29) is 17.5 Å². The van der Waals surface area contributed by atoms with Crippen LogP contribution in [-0.2, 0) is 4.74 Å². The molecule has 0 aromatic heterocycles. The minimum absolute atomic E-state index is 0.0317. The first-order chi connectivity index (χ1) is 8.19. The van der Waals surface area contributed by atoms with Crippen molar-refractivity contribution in [2.24, 2.45) is 0 Å². The molecule has 1 aromatic rings. The van der Waals surface area contributed by atoms with Crippen LogP contribution in [0.4, 0.5) is 4.39 Å². The molecule has 1 heterocycles. The maximum atomic E-state index is 12.9. The van der Waals surface area contributed by atoms with Gasteiger partial charge in [-0.1, -0.05) is 26.0 Å². The number of morpholine rings is 1. The summed E-state index contributed by atoms with van der Waals surface area (Å²) in [6, 6.07) is 6.60. The van der Waals surface area contributed by atoms with Gasteiger partial charge in [0, 0.05) is 13.1 Å². The first kappa shape index (κ1) is 12.5. The van der Waals surface area contributed by atoms with Crippen molar-refractivity contribution in [1.29, 1.82) is 0 Å². The van der Waals surface area contributed by atoms with Gasteiger partial charge in [-0.2, -0.15) is 0 Å². The number of halogens is 1. The van der Waals surface area contributed by atoms with Crippen molar-refractivity contribution in [3.05, 3.63) is 35.6 Å². The summed E-state index contributed by atoms with van der Waals surface area (Å²) in [5.41, 5.74) is 0.974. The van der Waals surface area contributed by atoms with Crippen LogP contribution in [0, 0.1) is 5.82 Å². The fourth-order valence-electron chi connectivity index (χ4n) is 2.35. The van der Waals surface area contributed by atoms with E-state index in [0.717, 1.165) is 31.5 Å². The Labute approximate surface area is 102 Å². The molecule has 2 rings (SSSR count). The molecular formula is C14H20FNO. The van der Waals surface area contributed by atoms with E-state index in [1.54, 1.807) is 0 Å². The minimum atomic E-state index is -0.199.